The quantitative estimate of drug-likeness (QED) is 0.570. The fourth-order valence-corrected chi connectivity index (χ4v) is 1.70. The van der Waals surface area contributed by atoms with Gasteiger partial charge in [-0.3, -0.25) is 5.41 Å². The molecule has 1 saturated heterocycles. The number of nitrogen functional groups attached to an aromatic ring is 1. The number of halogens is 2. The van der Waals surface area contributed by atoms with Gasteiger partial charge in [0.15, 0.2) is 0 Å². The third-order valence-corrected chi connectivity index (χ3v) is 2.77. The van der Waals surface area contributed by atoms with Crippen molar-refractivity contribution in [3.63, 3.8) is 0 Å². The van der Waals surface area contributed by atoms with E-state index >= 15 is 0 Å². The largest absolute Gasteiger partial charge is 0.423 e. The van der Waals surface area contributed by atoms with Gasteiger partial charge in [-0.25, -0.2) is 0 Å². The molecule has 0 aromatic carbocycles. The van der Waals surface area contributed by atoms with Crippen LogP contribution in [0.2, 0.25) is 0 Å². The fourth-order valence-electron chi connectivity index (χ4n) is 1.70. The maximum atomic E-state index is 9.29. The number of anilines is 2. The maximum Gasteiger partial charge on any atom is 0.259 e. The Morgan fingerprint density at radius 2 is 1.79 bits per heavy atom. The summed E-state index contributed by atoms with van der Waals surface area (Å²) in [7, 11) is 2.07. The van der Waals surface area contributed by atoms with Crippen LogP contribution in [-0.4, -0.2) is 58.5 Å². The number of hydrogen-bond acceptors (Lipinski definition) is 6. The van der Waals surface area contributed by atoms with Gasteiger partial charge in [-0.05, 0) is 7.05 Å². The summed E-state index contributed by atoms with van der Waals surface area (Å²) in [5.74, 6) is 0.787. The van der Waals surface area contributed by atoms with Gasteiger partial charge in [0, 0.05) is 32.2 Å². The number of nitrogens with two attached hydrogens (primary N) is 1. The molecule has 0 bridgehead atoms. The smallest absolute Gasteiger partial charge is 0.259 e. The lowest BCUT2D eigenvalue weighted by atomic mass is 10.3. The molecule has 1 aliphatic heterocycles. The second-order valence-corrected chi connectivity index (χ2v) is 3.96. The Labute approximate surface area is 123 Å². The average Bonchev–Trinajstić information content (AvgIpc) is 2.26. The van der Waals surface area contributed by atoms with Crippen LogP contribution in [0.15, 0.2) is 6.07 Å². The Morgan fingerprint density at radius 1 is 1.26 bits per heavy atom. The molecule has 19 heavy (non-hydrogen) atoms. The van der Waals surface area contributed by atoms with Gasteiger partial charge in [0.2, 0.25) is 0 Å². The summed E-state index contributed by atoms with van der Waals surface area (Å²) >= 11 is 0. The lowest BCUT2D eigenvalue weighted by molar-refractivity contribution is 0.171. The molecule has 2 heterocycles. The highest BCUT2D eigenvalue weighted by Gasteiger charge is 2.16. The molecular formula is C9H20Cl2N6O2. The van der Waals surface area contributed by atoms with Crippen LogP contribution >= 0.6 is 24.8 Å². The Bertz CT molecular complexity index is 447. The second-order valence-electron chi connectivity index (χ2n) is 3.96. The number of aromatic nitrogens is 2. The van der Waals surface area contributed by atoms with Gasteiger partial charge in [0.05, 0.1) is 0 Å². The molecule has 10 heteroatoms. The minimum atomic E-state index is -0.242. The third-order valence-electron chi connectivity index (χ3n) is 2.77. The van der Waals surface area contributed by atoms with E-state index in [1.807, 2.05) is 0 Å². The van der Waals surface area contributed by atoms with Crippen LogP contribution in [0.25, 0.3) is 0 Å². The molecule has 1 fully saturated rings. The molecule has 0 radical (unpaired) electrons. The Morgan fingerprint density at radius 3 is 2.26 bits per heavy atom. The molecule has 8 nitrogen and oxygen atoms in total. The first-order valence-electron chi connectivity index (χ1n) is 5.15. The molecular weight excluding hydrogens is 295 g/mol. The Kier molecular flexibility index (Phi) is 8.52. The molecule has 0 spiro atoms. The Hall–Kier alpha value is -1.22. The summed E-state index contributed by atoms with van der Waals surface area (Å²) < 4.78 is 0.569. The summed E-state index contributed by atoms with van der Waals surface area (Å²) in [6.45, 7) is 3.64. The highest BCUT2D eigenvalue weighted by molar-refractivity contribution is 5.85. The molecule has 0 atom stereocenters. The van der Waals surface area contributed by atoms with Gasteiger partial charge in [-0.1, -0.05) is 0 Å². The van der Waals surface area contributed by atoms with Crippen molar-refractivity contribution in [2.75, 3.05) is 43.9 Å². The lowest BCUT2D eigenvalue weighted by Gasteiger charge is -2.33. The first-order chi connectivity index (χ1) is 7.58. The molecule has 1 aromatic rings. The van der Waals surface area contributed by atoms with E-state index in [9.17, 15) is 5.21 Å². The third kappa shape index (κ3) is 4.43. The van der Waals surface area contributed by atoms with Crippen LogP contribution in [0.1, 0.15) is 0 Å². The number of nitrogens with one attached hydrogen (secondary N) is 1. The SMILES string of the molecule is CN1CCN(c2cc(N)n(O)c(=N)n2)CC1.Cl.Cl.O. The summed E-state index contributed by atoms with van der Waals surface area (Å²) in [6.07, 6.45) is 0. The Balaban J connectivity index is 0. The normalized spacial score (nSPS) is 14.9. The summed E-state index contributed by atoms with van der Waals surface area (Å²) in [4.78, 5) is 8.29. The highest BCUT2D eigenvalue weighted by Crippen LogP contribution is 2.13. The topological polar surface area (TPSA) is 126 Å². The van der Waals surface area contributed by atoms with E-state index in [4.69, 9.17) is 11.1 Å². The zero-order chi connectivity index (χ0) is 11.7. The van der Waals surface area contributed by atoms with Crippen molar-refractivity contribution >= 4 is 36.4 Å². The monoisotopic (exact) mass is 314 g/mol. The fraction of sp³-hybridized carbons (Fsp3) is 0.556. The summed E-state index contributed by atoms with van der Waals surface area (Å²) in [6, 6.07) is 1.59. The predicted octanol–water partition coefficient (Wildman–Crippen LogP) is -1.05. The number of piperazine rings is 1. The first kappa shape index (κ1) is 20.1. The van der Waals surface area contributed by atoms with Crippen LogP contribution in [0.4, 0.5) is 11.6 Å². The van der Waals surface area contributed by atoms with Crippen molar-refractivity contribution < 1.29 is 10.7 Å². The van der Waals surface area contributed by atoms with E-state index in [0.29, 0.717) is 10.5 Å². The number of nitrogens with zero attached hydrogens (tertiary/aromatic N) is 4. The lowest BCUT2D eigenvalue weighted by Crippen LogP contribution is -2.45. The van der Waals surface area contributed by atoms with Gasteiger partial charge in [0.25, 0.3) is 5.62 Å². The van der Waals surface area contributed by atoms with Gasteiger partial charge in [0.1, 0.15) is 11.6 Å². The van der Waals surface area contributed by atoms with Crippen molar-refractivity contribution in [1.29, 1.82) is 5.41 Å². The van der Waals surface area contributed by atoms with Crippen LogP contribution in [-0.2, 0) is 0 Å². The molecule has 6 N–H and O–H groups in total. The van der Waals surface area contributed by atoms with E-state index in [1.165, 1.54) is 0 Å². The number of rotatable bonds is 1. The average molecular weight is 315 g/mol. The highest BCUT2D eigenvalue weighted by atomic mass is 35.5. The van der Waals surface area contributed by atoms with E-state index < -0.39 is 0 Å². The van der Waals surface area contributed by atoms with Crippen molar-refractivity contribution in [2.24, 2.45) is 0 Å². The van der Waals surface area contributed by atoms with Crippen LogP contribution in [0.3, 0.4) is 0 Å². The van der Waals surface area contributed by atoms with Crippen molar-refractivity contribution in [2.45, 2.75) is 0 Å². The molecule has 0 unspecified atom stereocenters. The van der Waals surface area contributed by atoms with Crippen LogP contribution in [0, 0.1) is 5.41 Å². The van der Waals surface area contributed by atoms with Crippen LogP contribution in [0.5, 0.6) is 0 Å². The molecule has 2 rings (SSSR count). The molecule has 0 saturated carbocycles. The van der Waals surface area contributed by atoms with Crippen molar-refractivity contribution in [3.8, 4) is 0 Å². The van der Waals surface area contributed by atoms with Gasteiger partial charge >= 0.3 is 0 Å². The van der Waals surface area contributed by atoms with Gasteiger partial charge < -0.3 is 26.2 Å². The van der Waals surface area contributed by atoms with E-state index in [1.54, 1.807) is 6.07 Å². The van der Waals surface area contributed by atoms with E-state index in [-0.39, 0.29) is 41.7 Å². The summed E-state index contributed by atoms with van der Waals surface area (Å²) in [5, 5.41) is 16.7. The van der Waals surface area contributed by atoms with E-state index in [0.717, 1.165) is 26.2 Å². The molecule has 0 amide bonds. The van der Waals surface area contributed by atoms with Crippen LogP contribution < -0.4 is 16.3 Å². The summed E-state index contributed by atoms with van der Waals surface area (Å²) in [5.41, 5.74) is 5.33. The van der Waals surface area contributed by atoms with Gasteiger partial charge in [-0.15, -0.1) is 29.5 Å². The standard InChI is InChI=1S/C9H16N6O.2ClH.H2O/c1-13-2-4-14(5-3-13)8-6-7(10)15(16)9(11)12-8;;;/h6,11,16H,2-5,10H2,1H3;2*1H;1H2. The van der Waals surface area contributed by atoms with Crippen molar-refractivity contribution in [1.82, 2.24) is 14.6 Å². The number of likely N-dealkylation sites (N-methyl/N-ethyl adjacent to an activating group) is 1. The second kappa shape index (κ2) is 8.05. The number of hydrogen-bond donors (Lipinski definition) is 3. The zero-order valence-electron chi connectivity index (χ0n) is 10.5. The minimum absolute atomic E-state index is 0. The van der Waals surface area contributed by atoms with Crippen molar-refractivity contribution in [3.05, 3.63) is 11.7 Å². The van der Waals surface area contributed by atoms with E-state index in [2.05, 4.69) is 21.8 Å². The molecule has 1 aliphatic rings. The van der Waals surface area contributed by atoms with Gasteiger partial charge in [-0.2, -0.15) is 4.98 Å². The molecule has 1 aromatic heterocycles. The maximum absolute atomic E-state index is 9.29. The molecule has 112 valence electrons. The first-order valence-corrected chi connectivity index (χ1v) is 5.15. The zero-order valence-corrected chi connectivity index (χ0v) is 12.2. The predicted molar refractivity (Wildman–Crippen MR) is 77.5 cm³/mol. The molecule has 0 aliphatic carbocycles. The minimum Gasteiger partial charge on any atom is -0.423 e.